The molecular weight excluding hydrogens is 326 g/mol. The van der Waals surface area contributed by atoms with E-state index in [-0.39, 0.29) is 4.90 Å². The van der Waals surface area contributed by atoms with Crippen LogP contribution < -0.4 is 14.2 Å². The predicted octanol–water partition coefficient (Wildman–Crippen LogP) is 3.36. The highest BCUT2D eigenvalue weighted by Gasteiger charge is 2.20. The summed E-state index contributed by atoms with van der Waals surface area (Å²) in [5.41, 5.74) is 2.79. The maximum Gasteiger partial charge on any atom is 0.241 e. The number of methoxy groups -OCH3 is 2. The largest absolute Gasteiger partial charge is 0.493 e. The molecule has 0 saturated carbocycles. The van der Waals surface area contributed by atoms with E-state index in [1.807, 2.05) is 26.0 Å². The lowest BCUT2D eigenvalue weighted by atomic mass is 10.1. The minimum Gasteiger partial charge on any atom is -0.493 e. The van der Waals surface area contributed by atoms with E-state index in [9.17, 15) is 8.42 Å². The van der Waals surface area contributed by atoms with Crippen LogP contribution in [0.4, 0.5) is 0 Å². The van der Waals surface area contributed by atoms with Gasteiger partial charge in [0.1, 0.15) is 0 Å². The summed E-state index contributed by atoms with van der Waals surface area (Å²) < 4.78 is 38.4. The maximum absolute atomic E-state index is 12.6. The zero-order valence-electron chi connectivity index (χ0n) is 14.6. The molecule has 6 heteroatoms. The van der Waals surface area contributed by atoms with Crippen LogP contribution >= 0.6 is 0 Å². The quantitative estimate of drug-likeness (QED) is 0.868. The molecule has 2 aromatic carbocycles. The van der Waals surface area contributed by atoms with Crippen molar-refractivity contribution in [3.8, 4) is 11.5 Å². The fourth-order valence-corrected chi connectivity index (χ4v) is 3.69. The van der Waals surface area contributed by atoms with E-state index in [1.54, 1.807) is 45.4 Å². The summed E-state index contributed by atoms with van der Waals surface area (Å²) >= 11 is 0. The first-order valence-electron chi connectivity index (χ1n) is 7.60. The second kappa shape index (κ2) is 7.23. The van der Waals surface area contributed by atoms with E-state index in [4.69, 9.17) is 9.47 Å². The zero-order chi connectivity index (χ0) is 17.9. The van der Waals surface area contributed by atoms with Crippen molar-refractivity contribution >= 4 is 10.0 Å². The van der Waals surface area contributed by atoms with Crippen LogP contribution in [0.3, 0.4) is 0 Å². The molecule has 5 nitrogen and oxygen atoms in total. The lowest BCUT2D eigenvalue weighted by Gasteiger charge is -2.17. The van der Waals surface area contributed by atoms with Gasteiger partial charge in [0.25, 0.3) is 0 Å². The molecule has 0 heterocycles. The molecule has 0 aliphatic rings. The van der Waals surface area contributed by atoms with Crippen molar-refractivity contribution < 1.29 is 17.9 Å². The SMILES string of the molecule is COc1ccc(C(C)NS(=O)(=O)c2ccc(C)c(C)c2)cc1OC. The molecule has 1 unspecified atom stereocenters. The highest BCUT2D eigenvalue weighted by molar-refractivity contribution is 7.89. The van der Waals surface area contributed by atoms with Crippen LogP contribution in [0.1, 0.15) is 29.7 Å². The van der Waals surface area contributed by atoms with Crippen molar-refractivity contribution in [1.82, 2.24) is 4.72 Å². The standard InChI is InChI=1S/C18H23NO4S/c1-12-6-8-16(10-13(12)2)24(20,21)19-14(3)15-7-9-17(22-4)18(11-15)23-5/h6-11,14,19H,1-5H3. The zero-order valence-corrected chi connectivity index (χ0v) is 15.4. The Labute approximate surface area is 143 Å². The Morgan fingerprint density at radius 3 is 2.17 bits per heavy atom. The van der Waals surface area contributed by atoms with Gasteiger partial charge in [-0.15, -0.1) is 0 Å². The molecule has 1 N–H and O–H groups in total. The number of ether oxygens (including phenoxy) is 2. The number of nitrogens with one attached hydrogen (secondary N) is 1. The molecule has 0 aromatic heterocycles. The fraction of sp³-hybridized carbons (Fsp3) is 0.333. The molecule has 0 aliphatic carbocycles. The van der Waals surface area contributed by atoms with Crippen molar-refractivity contribution in [2.75, 3.05) is 14.2 Å². The summed E-state index contributed by atoms with van der Waals surface area (Å²) in [6, 6.07) is 10.0. The third-order valence-electron chi connectivity index (χ3n) is 4.03. The third kappa shape index (κ3) is 3.88. The van der Waals surface area contributed by atoms with E-state index >= 15 is 0 Å². The van der Waals surface area contributed by atoms with Crippen molar-refractivity contribution in [2.45, 2.75) is 31.7 Å². The Morgan fingerprint density at radius 2 is 1.58 bits per heavy atom. The summed E-state index contributed by atoms with van der Waals surface area (Å²) in [6.45, 7) is 5.64. The van der Waals surface area contributed by atoms with Crippen LogP contribution in [0.2, 0.25) is 0 Å². The molecule has 0 radical (unpaired) electrons. The van der Waals surface area contributed by atoms with E-state index in [0.717, 1.165) is 16.7 Å². The van der Waals surface area contributed by atoms with Crippen molar-refractivity contribution in [3.05, 3.63) is 53.1 Å². The Bertz CT molecular complexity index is 831. The van der Waals surface area contributed by atoms with Gasteiger partial charge >= 0.3 is 0 Å². The van der Waals surface area contributed by atoms with E-state index in [1.165, 1.54) is 0 Å². The Kier molecular flexibility index (Phi) is 5.51. The molecule has 0 fully saturated rings. The summed E-state index contributed by atoms with van der Waals surface area (Å²) in [5.74, 6) is 1.16. The van der Waals surface area contributed by atoms with Crippen LogP contribution in [0, 0.1) is 13.8 Å². The number of aryl methyl sites for hydroxylation is 2. The molecule has 0 bridgehead atoms. The number of sulfonamides is 1. The van der Waals surface area contributed by atoms with Gasteiger partial charge in [-0.05, 0) is 61.7 Å². The molecule has 2 aromatic rings. The Balaban J connectivity index is 2.27. The normalized spacial score (nSPS) is 12.7. The molecule has 0 aliphatic heterocycles. The number of benzene rings is 2. The Hall–Kier alpha value is -2.05. The molecule has 24 heavy (non-hydrogen) atoms. The first kappa shape index (κ1) is 18.3. The lowest BCUT2D eigenvalue weighted by molar-refractivity contribution is 0.354. The first-order valence-corrected chi connectivity index (χ1v) is 9.08. The average Bonchev–Trinajstić information content (AvgIpc) is 2.56. The summed E-state index contributed by atoms with van der Waals surface area (Å²) in [5, 5.41) is 0. The van der Waals surface area contributed by atoms with Gasteiger partial charge in [-0.1, -0.05) is 12.1 Å². The van der Waals surface area contributed by atoms with E-state index in [0.29, 0.717) is 11.5 Å². The molecule has 2 rings (SSSR count). The number of hydrogen-bond donors (Lipinski definition) is 1. The smallest absolute Gasteiger partial charge is 0.241 e. The molecule has 1 atom stereocenters. The van der Waals surface area contributed by atoms with Gasteiger partial charge in [0.15, 0.2) is 11.5 Å². The monoisotopic (exact) mass is 349 g/mol. The van der Waals surface area contributed by atoms with Gasteiger partial charge in [0.2, 0.25) is 10.0 Å². The molecular formula is C18H23NO4S. The molecule has 0 saturated heterocycles. The summed E-state index contributed by atoms with van der Waals surface area (Å²) in [4.78, 5) is 0.262. The van der Waals surface area contributed by atoms with Gasteiger partial charge < -0.3 is 9.47 Å². The topological polar surface area (TPSA) is 64.6 Å². The summed E-state index contributed by atoms with van der Waals surface area (Å²) in [7, 11) is -0.498. The first-order chi connectivity index (χ1) is 11.3. The second-order valence-corrected chi connectivity index (χ2v) is 7.42. The van der Waals surface area contributed by atoms with Crippen molar-refractivity contribution in [3.63, 3.8) is 0 Å². The van der Waals surface area contributed by atoms with Crippen molar-refractivity contribution in [2.24, 2.45) is 0 Å². The maximum atomic E-state index is 12.6. The molecule has 0 spiro atoms. The van der Waals surface area contributed by atoms with E-state index in [2.05, 4.69) is 4.72 Å². The van der Waals surface area contributed by atoms with Crippen LogP contribution in [0.25, 0.3) is 0 Å². The average molecular weight is 349 g/mol. The van der Waals surface area contributed by atoms with E-state index < -0.39 is 16.1 Å². The molecule has 0 amide bonds. The van der Waals surface area contributed by atoms with Gasteiger partial charge in [0.05, 0.1) is 19.1 Å². The van der Waals surface area contributed by atoms with Gasteiger partial charge in [0, 0.05) is 6.04 Å². The van der Waals surface area contributed by atoms with Crippen LogP contribution in [0.5, 0.6) is 11.5 Å². The van der Waals surface area contributed by atoms with Crippen LogP contribution in [-0.2, 0) is 10.0 Å². The highest BCUT2D eigenvalue weighted by atomic mass is 32.2. The van der Waals surface area contributed by atoms with Gasteiger partial charge in [-0.2, -0.15) is 0 Å². The van der Waals surface area contributed by atoms with Gasteiger partial charge in [-0.3, -0.25) is 0 Å². The lowest BCUT2D eigenvalue weighted by Crippen LogP contribution is -2.27. The van der Waals surface area contributed by atoms with Crippen molar-refractivity contribution in [1.29, 1.82) is 0 Å². The Morgan fingerprint density at radius 1 is 0.917 bits per heavy atom. The third-order valence-corrected chi connectivity index (χ3v) is 5.57. The highest BCUT2D eigenvalue weighted by Crippen LogP contribution is 2.30. The molecule has 130 valence electrons. The number of hydrogen-bond acceptors (Lipinski definition) is 4. The summed E-state index contributed by atoms with van der Waals surface area (Å²) in [6.07, 6.45) is 0. The predicted molar refractivity (Wildman–Crippen MR) is 94.2 cm³/mol. The van der Waals surface area contributed by atoms with Crippen LogP contribution in [-0.4, -0.2) is 22.6 Å². The minimum atomic E-state index is -3.60. The second-order valence-electron chi connectivity index (χ2n) is 5.70. The minimum absolute atomic E-state index is 0.262. The fourth-order valence-electron chi connectivity index (χ4n) is 2.37. The number of rotatable bonds is 6. The van der Waals surface area contributed by atoms with Crippen LogP contribution in [0.15, 0.2) is 41.3 Å². The van der Waals surface area contributed by atoms with Gasteiger partial charge in [-0.25, -0.2) is 13.1 Å².